The van der Waals surface area contributed by atoms with E-state index in [0.717, 1.165) is 32.6 Å². The summed E-state index contributed by atoms with van der Waals surface area (Å²) >= 11 is 1.63. The number of aryl methyl sites for hydroxylation is 1. The molecule has 1 N–H and O–H groups in total. The van der Waals surface area contributed by atoms with Gasteiger partial charge in [0, 0.05) is 52.9 Å². The van der Waals surface area contributed by atoms with E-state index in [0.29, 0.717) is 5.56 Å². The molecule has 0 saturated heterocycles. The number of hydrogen-bond acceptors (Lipinski definition) is 3. The highest BCUT2D eigenvalue weighted by atomic mass is 32.2. The van der Waals surface area contributed by atoms with Crippen molar-refractivity contribution >= 4 is 40.2 Å². The number of para-hydroxylation sites is 1. The first-order valence-corrected chi connectivity index (χ1v) is 12.1. The van der Waals surface area contributed by atoms with E-state index < -0.39 is 12.0 Å². The second-order valence-electron chi connectivity index (χ2n) is 8.36. The third kappa shape index (κ3) is 3.60. The summed E-state index contributed by atoms with van der Waals surface area (Å²) in [4.78, 5) is 30.0. The van der Waals surface area contributed by atoms with Crippen molar-refractivity contribution in [1.82, 2.24) is 9.47 Å². The number of nitrogens with one attached hydrogen (secondary N) is 1. The summed E-state index contributed by atoms with van der Waals surface area (Å²) in [5, 5.41) is 4.17. The smallest absolute Gasteiger partial charge is 0.254 e. The lowest BCUT2D eigenvalue weighted by Crippen LogP contribution is -2.44. The molecule has 4 aromatic rings. The first-order chi connectivity index (χ1) is 16.0. The Hall–Kier alpha value is -3.51. The highest BCUT2D eigenvalue weighted by molar-refractivity contribution is 7.98. The number of carbonyl (C=O) groups excluding carboxylic acids is 2. The molecule has 3 aromatic carbocycles. The Morgan fingerprint density at radius 3 is 2.52 bits per heavy atom. The van der Waals surface area contributed by atoms with Crippen LogP contribution in [0.15, 0.2) is 83.9 Å². The molecule has 0 radical (unpaired) electrons. The molecule has 0 saturated carbocycles. The van der Waals surface area contributed by atoms with Gasteiger partial charge in [-0.05, 0) is 42.2 Å². The van der Waals surface area contributed by atoms with Gasteiger partial charge in [-0.25, -0.2) is 0 Å². The van der Waals surface area contributed by atoms with Gasteiger partial charge in [-0.2, -0.15) is 0 Å². The summed E-state index contributed by atoms with van der Waals surface area (Å²) in [5.41, 5.74) is 4.13. The van der Waals surface area contributed by atoms with Crippen molar-refractivity contribution in [3.63, 3.8) is 0 Å². The number of rotatable bonds is 4. The maximum Gasteiger partial charge on any atom is 0.254 e. The number of anilines is 1. The molecule has 5 nitrogen and oxygen atoms in total. The van der Waals surface area contributed by atoms with E-state index in [4.69, 9.17) is 0 Å². The minimum absolute atomic E-state index is 0.0723. The number of benzene rings is 3. The molecule has 0 spiro atoms. The van der Waals surface area contributed by atoms with Crippen LogP contribution in [0.4, 0.5) is 5.69 Å². The lowest BCUT2D eigenvalue weighted by Gasteiger charge is -2.39. The van der Waals surface area contributed by atoms with Gasteiger partial charge in [0.25, 0.3) is 5.91 Å². The Morgan fingerprint density at radius 2 is 1.70 bits per heavy atom. The van der Waals surface area contributed by atoms with E-state index >= 15 is 0 Å². The molecule has 5 rings (SSSR count). The van der Waals surface area contributed by atoms with Crippen LogP contribution < -0.4 is 5.32 Å². The molecule has 0 aliphatic carbocycles. The fourth-order valence-electron chi connectivity index (χ4n) is 4.88. The van der Waals surface area contributed by atoms with Gasteiger partial charge in [-0.3, -0.25) is 9.59 Å². The monoisotopic (exact) mass is 455 g/mol. The number of aromatic nitrogens is 1. The number of nitrogens with zero attached hydrogens (tertiary/aromatic N) is 2. The van der Waals surface area contributed by atoms with Crippen molar-refractivity contribution in [2.75, 3.05) is 18.6 Å². The van der Waals surface area contributed by atoms with Crippen LogP contribution >= 0.6 is 11.8 Å². The summed E-state index contributed by atoms with van der Waals surface area (Å²) in [6, 6.07) is 23.0. The van der Waals surface area contributed by atoms with Gasteiger partial charge < -0.3 is 14.8 Å². The van der Waals surface area contributed by atoms with Gasteiger partial charge in [-0.15, -0.1) is 11.8 Å². The zero-order chi connectivity index (χ0) is 23.1. The molecule has 0 unspecified atom stereocenters. The number of thioether (sulfide) groups is 1. The molecular weight excluding hydrogens is 430 g/mol. The van der Waals surface area contributed by atoms with Crippen LogP contribution in [0.3, 0.4) is 0 Å². The van der Waals surface area contributed by atoms with Crippen LogP contribution in [0.5, 0.6) is 0 Å². The van der Waals surface area contributed by atoms with E-state index in [1.54, 1.807) is 23.7 Å². The third-order valence-corrected chi connectivity index (χ3v) is 7.17. The van der Waals surface area contributed by atoms with Gasteiger partial charge in [0.05, 0.1) is 12.0 Å². The first kappa shape index (κ1) is 21.3. The molecule has 0 bridgehead atoms. The topological polar surface area (TPSA) is 54.3 Å². The molecule has 1 aliphatic rings. The maximum absolute atomic E-state index is 13.8. The lowest BCUT2D eigenvalue weighted by molar-refractivity contribution is -0.119. The molecule has 33 heavy (non-hydrogen) atoms. The van der Waals surface area contributed by atoms with Crippen molar-refractivity contribution in [3.05, 3.63) is 95.7 Å². The molecule has 1 aliphatic heterocycles. The highest BCUT2D eigenvalue weighted by Gasteiger charge is 2.43. The molecule has 2 heterocycles. The van der Waals surface area contributed by atoms with Crippen LogP contribution in [0, 0.1) is 0 Å². The lowest BCUT2D eigenvalue weighted by atomic mass is 9.79. The Kier molecular flexibility index (Phi) is 5.46. The number of fused-ring (bicyclic) bond motifs is 2. The summed E-state index contributed by atoms with van der Waals surface area (Å²) in [6.45, 7) is 0. The van der Waals surface area contributed by atoms with Gasteiger partial charge in [-0.1, -0.05) is 42.5 Å². The molecule has 1 aromatic heterocycles. The Bertz CT molecular complexity index is 1380. The van der Waals surface area contributed by atoms with Gasteiger partial charge in [0.2, 0.25) is 5.91 Å². The van der Waals surface area contributed by atoms with Crippen LogP contribution in [0.25, 0.3) is 10.9 Å². The minimum Gasteiger partial charge on any atom is -0.350 e. The van der Waals surface area contributed by atoms with Gasteiger partial charge in [0.1, 0.15) is 0 Å². The van der Waals surface area contributed by atoms with Crippen molar-refractivity contribution in [2.45, 2.75) is 16.9 Å². The number of hydrogen-bond donors (Lipinski definition) is 1. The maximum atomic E-state index is 13.8. The molecule has 2 atom stereocenters. The van der Waals surface area contributed by atoms with E-state index in [-0.39, 0.29) is 11.8 Å². The van der Waals surface area contributed by atoms with E-state index in [9.17, 15) is 9.59 Å². The molecular formula is C27H25N3O2S. The summed E-state index contributed by atoms with van der Waals surface area (Å²) in [6.07, 6.45) is 4.05. The molecule has 2 amide bonds. The van der Waals surface area contributed by atoms with Crippen LogP contribution in [0.1, 0.15) is 33.4 Å². The summed E-state index contributed by atoms with van der Waals surface area (Å²) < 4.78 is 2.06. The summed E-state index contributed by atoms with van der Waals surface area (Å²) in [7, 11) is 3.78. The largest absolute Gasteiger partial charge is 0.350 e. The normalized spacial score (nSPS) is 17.8. The quantitative estimate of drug-likeness (QED) is 0.417. The Balaban J connectivity index is 1.66. The fourth-order valence-corrected chi connectivity index (χ4v) is 5.33. The number of likely N-dealkylation sites (N-methyl/N-ethyl adjacent to an activating group) is 1. The predicted molar refractivity (Wildman–Crippen MR) is 134 cm³/mol. The van der Waals surface area contributed by atoms with Crippen molar-refractivity contribution in [1.29, 1.82) is 0 Å². The highest BCUT2D eigenvalue weighted by Crippen LogP contribution is 2.44. The third-order valence-electron chi connectivity index (χ3n) is 6.45. The van der Waals surface area contributed by atoms with Gasteiger partial charge >= 0.3 is 0 Å². The Labute approximate surface area is 197 Å². The van der Waals surface area contributed by atoms with E-state index in [1.165, 1.54) is 0 Å². The van der Waals surface area contributed by atoms with Gasteiger partial charge in [0.15, 0.2) is 0 Å². The molecule has 166 valence electrons. The average molecular weight is 456 g/mol. The number of amides is 2. The standard InChI is InChI=1S/C27H25N3O2S/c1-29-16-22(19-11-6-7-14-23(19)29)25-24(20-12-4-5-13-21(20)27(32)30(25)2)26(31)28-17-9-8-10-18(15-17)33-3/h4-16,24-25H,1-3H3,(H,28,31)/t24-,25+/m0/s1. The van der Waals surface area contributed by atoms with E-state index in [1.807, 2.05) is 80.2 Å². The van der Waals surface area contributed by atoms with Crippen molar-refractivity contribution < 1.29 is 9.59 Å². The zero-order valence-corrected chi connectivity index (χ0v) is 19.6. The van der Waals surface area contributed by atoms with Crippen LogP contribution in [0.2, 0.25) is 0 Å². The predicted octanol–water partition coefficient (Wildman–Crippen LogP) is 5.45. The summed E-state index contributed by atoms with van der Waals surface area (Å²) in [5.74, 6) is -0.748. The second kappa shape index (κ2) is 8.45. The first-order valence-electron chi connectivity index (χ1n) is 10.8. The van der Waals surface area contributed by atoms with E-state index in [2.05, 4.69) is 22.0 Å². The Morgan fingerprint density at radius 1 is 0.939 bits per heavy atom. The molecule has 6 heteroatoms. The molecule has 0 fully saturated rings. The van der Waals surface area contributed by atoms with Crippen LogP contribution in [-0.4, -0.2) is 34.6 Å². The van der Waals surface area contributed by atoms with Crippen LogP contribution in [-0.2, 0) is 11.8 Å². The fraction of sp³-hybridized carbons (Fsp3) is 0.185. The number of carbonyl (C=O) groups is 2. The minimum atomic E-state index is -0.548. The van der Waals surface area contributed by atoms with Crippen molar-refractivity contribution in [2.24, 2.45) is 7.05 Å². The second-order valence-corrected chi connectivity index (χ2v) is 9.24. The van der Waals surface area contributed by atoms with Crippen molar-refractivity contribution in [3.8, 4) is 0 Å². The average Bonchev–Trinajstić information content (AvgIpc) is 3.17. The SMILES string of the molecule is CSc1cccc(NC(=O)[C@H]2c3ccccc3C(=O)N(C)[C@@H]2c2cn(C)c3ccccc23)c1. The zero-order valence-electron chi connectivity index (χ0n) is 18.8.